The molecule has 0 radical (unpaired) electrons. The molecule has 0 amide bonds. The summed E-state index contributed by atoms with van der Waals surface area (Å²) in [6, 6.07) is 0. The molecule has 0 aromatic carbocycles. The van der Waals surface area contributed by atoms with Crippen LogP contribution in [0.5, 0.6) is 0 Å². The SMILES string of the molecule is C=C(C)/C(CNC)=C(Cl)\C=C/C. The molecule has 68 valence electrons. The molecule has 2 heteroatoms. The van der Waals surface area contributed by atoms with Crippen LogP contribution in [0.1, 0.15) is 13.8 Å². The predicted molar refractivity (Wildman–Crippen MR) is 56.4 cm³/mol. The Morgan fingerprint density at radius 1 is 1.58 bits per heavy atom. The van der Waals surface area contributed by atoms with Crippen LogP contribution in [0.2, 0.25) is 0 Å². The van der Waals surface area contributed by atoms with Crippen molar-refractivity contribution in [1.29, 1.82) is 0 Å². The van der Waals surface area contributed by atoms with Gasteiger partial charge in [0.15, 0.2) is 0 Å². The van der Waals surface area contributed by atoms with Crippen LogP contribution in [-0.2, 0) is 0 Å². The summed E-state index contributed by atoms with van der Waals surface area (Å²) in [4.78, 5) is 0. The minimum atomic E-state index is 0.762. The zero-order valence-electron chi connectivity index (χ0n) is 7.95. The van der Waals surface area contributed by atoms with Gasteiger partial charge < -0.3 is 5.32 Å². The van der Waals surface area contributed by atoms with Crippen LogP contribution in [0.3, 0.4) is 0 Å². The van der Waals surface area contributed by atoms with Crippen molar-refractivity contribution >= 4 is 11.6 Å². The summed E-state index contributed by atoms with van der Waals surface area (Å²) in [5.41, 5.74) is 2.07. The van der Waals surface area contributed by atoms with Gasteiger partial charge in [-0.25, -0.2) is 0 Å². The maximum Gasteiger partial charge on any atom is 0.0450 e. The minimum Gasteiger partial charge on any atom is -0.316 e. The highest BCUT2D eigenvalue weighted by atomic mass is 35.5. The van der Waals surface area contributed by atoms with Crippen molar-refractivity contribution in [2.45, 2.75) is 13.8 Å². The first-order valence-electron chi connectivity index (χ1n) is 3.95. The third-order valence-corrected chi connectivity index (χ3v) is 1.82. The number of hydrogen-bond acceptors (Lipinski definition) is 1. The van der Waals surface area contributed by atoms with Crippen molar-refractivity contribution in [3.8, 4) is 0 Å². The Bertz CT molecular complexity index is 214. The van der Waals surface area contributed by atoms with Gasteiger partial charge in [-0.15, -0.1) is 0 Å². The molecule has 1 nitrogen and oxygen atoms in total. The summed E-state index contributed by atoms with van der Waals surface area (Å²) < 4.78 is 0. The Labute approximate surface area is 79.8 Å². The molecule has 0 unspecified atom stereocenters. The van der Waals surface area contributed by atoms with Gasteiger partial charge in [0.1, 0.15) is 0 Å². The quantitative estimate of drug-likeness (QED) is 0.665. The van der Waals surface area contributed by atoms with Gasteiger partial charge >= 0.3 is 0 Å². The molecule has 0 saturated carbocycles. The first-order valence-corrected chi connectivity index (χ1v) is 4.33. The van der Waals surface area contributed by atoms with Crippen LogP contribution in [0.25, 0.3) is 0 Å². The second-order valence-corrected chi connectivity index (χ2v) is 3.04. The molecular formula is C10H16ClN. The average Bonchev–Trinajstić information content (AvgIpc) is 1.99. The normalized spacial score (nSPS) is 13.3. The summed E-state index contributed by atoms with van der Waals surface area (Å²) in [7, 11) is 1.89. The summed E-state index contributed by atoms with van der Waals surface area (Å²) >= 11 is 6.01. The van der Waals surface area contributed by atoms with E-state index in [1.165, 1.54) is 0 Å². The van der Waals surface area contributed by atoms with Crippen molar-refractivity contribution in [2.75, 3.05) is 13.6 Å². The van der Waals surface area contributed by atoms with E-state index in [0.29, 0.717) is 0 Å². The van der Waals surface area contributed by atoms with E-state index < -0.39 is 0 Å². The van der Waals surface area contributed by atoms with E-state index in [9.17, 15) is 0 Å². The number of rotatable bonds is 4. The van der Waals surface area contributed by atoms with Crippen LogP contribution in [-0.4, -0.2) is 13.6 Å². The van der Waals surface area contributed by atoms with Crippen molar-refractivity contribution in [3.63, 3.8) is 0 Å². The molecule has 0 aliphatic carbocycles. The number of hydrogen-bond donors (Lipinski definition) is 1. The lowest BCUT2D eigenvalue weighted by Gasteiger charge is -2.07. The Kier molecular flexibility index (Phi) is 5.77. The van der Waals surface area contributed by atoms with Crippen LogP contribution >= 0.6 is 11.6 Å². The second-order valence-electron chi connectivity index (χ2n) is 2.64. The number of halogens is 1. The van der Waals surface area contributed by atoms with Gasteiger partial charge in [-0.05, 0) is 32.5 Å². The standard InChI is InChI=1S/C10H16ClN/c1-5-6-10(11)9(7-12-4)8(2)3/h5-6,12H,2,7H2,1,3-4H3/b6-5-,10-9+. The summed E-state index contributed by atoms with van der Waals surface area (Å²) in [6.07, 6.45) is 3.80. The fourth-order valence-electron chi connectivity index (χ4n) is 0.863. The predicted octanol–water partition coefficient (Wildman–Crippen LogP) is 2.85. The maximum atomic E-state index is 6.01. The van der Waals surface area contributed by atoms with E-state index >= 15 is 0 Å². The van der Waals surface area contributed by atoms with Crippen LogP contribution in [0.15, 0.2) is 34.9 Å². The van der Waals surface area contributed by atoms with E-state index in [1.807, 2.05) is 33.0 Å². The molecule has 0 heterocycles. The summed E-state index contributed by atoms with van der Waals surface area (Å²) in [5.74, 6) is 0. The topological polar surface area (TPSA) is 12.0 Å². The largest absolute Gasteiger partial charge is 0.316 e. The third kappa shape index (κ3) is 3.74. The summed E-state index contributed by atoms with van der Waals surface area (Å²) in [5, 5.41) is 3.81. The van der Waals surface area contributed by atoms with Gasteiger partial charge in [0.2, 0.25) is 0 Å². The molecule has 0 saturated heterocycles. The van der Waals surface area contributed by atoms with Gasteiger partial charge in [-0.3, -0.25) is 0 Å². The molecule has 0 bridgehead atoms. The molecule has 0 aliphatic rings. The molecule has 0 rings (SSSR count). The second kappa shape index (κ2) is 6.04. The molecule has 1 N–H and O–H groups in total. The number of nitrogens with one attached hydrogen (secondary N) is 1. The van der Waals surface area contributed by atoms with E-state index in [0.717, 1.165) is 22.7 Å². The fourth-order valence-corrected chi connectivity index (χ4v) is 1.22. The van der Waals surface area contributed by atoms with E-state index in [-0.39, 0.29) is 0 Å². The molecule has 0 aromatic rings. The minimum absolute atomic E-state index is 0.762. The molecule has 0 aromatic heterocycles. The number of likely N-dealkylation sites (N-methyl/N-ethyl adjacent to an activating group) is 1. The summed E-state index contributed by atoms with van der Waals surface area (Å²) in [6.45, 7) is 8.52. The zero-order chi connectivity index (χ0) is 9.56. The van der Waals surface area contributed by atoms with E-state index in [4.69, 9.17) is 11.6 Å². The Morgan fingerprint density at radius 3 is 2.50 bits per heavy atom. The smallest absolute Gasteiger partial charge is 0.0450 e. The van der Waals surface area contributed by atoms with Gasteiger partial charge in [0, 0.05) is 11.6 Å². The Morgan fingerprint density at radius 2 is 2.17 bits per heavy atom. The lowest BCUT2D eigenvalue weighted by Crippen LogP contribution is -2.11. The zero-order valence-corrected chi connectivity index (χ0v) is 8.70. The van der Waals surface area contributed by atoms with Crippen molar-refractivity contribution in [2.24, 2.45) is 0 Å². The van der Waals surface area contributed by atoms with Gasteiger partial charge in [0.05, 0.1) is 0 Å². The fraction of sp³-hybridized carbons (Fsp3) is 0.400. The molecular weight excluding hydrogens is 170 g/mol. The third-order valence-electron chi connectivity index (χ3n) is 1.47. The molecule has 12 heavy (non-hydrogen) atoms. The Hall–Kier alpha value is -0.530. The van der Waals surface area contributed by atoms with Crippen LogP contribution in [0, 0.1) is 0 Å². The lowest BCUT2D eigenvalue weighted by molar-refractivity contribution is 0.884. The van der Waals surface area contributed by atoms with Gasteiger partial charge in [-0.2, -0.15) is 0 Å². The monoisotopic (exact) mass is 185 g/mol. The first-order chi connectivity index (χ1) is 5.63. The average molecular weight is 186 g/mol. The van der Waals surface area contributed by atoms with Crippen LogP contribution in [0.4, 0.5) is 0 Å². The van der Waals surface area contributed by atoms with E-state index in [1.54, 1.807) is 0 Å². The number of allylic oxidation sites excluding steroid dienone is 3. The van der Waals surface area contributed by atoms with Crippen LogP contribution < -0.4 is 5.32 Å². The maximum absolute atomic E-state index is 6.01. The molecule has 0 aliphatic heterocycles. The highest BCUT2D eigenvalue weighted by molar-refractivity contribution is 6.31. The highest BCUT2D eigenvalue weighted by Gasteiger charge is 2.01. The molecule has 0 atom stereocenters. The van der Waals surface area contributed by atoms with Gasteiger partial charge in [0.25, 0.3) is 0 Å². The van der Waals surface area contributed by atoms with Crippen molar-refractivity contribution in [1.82, 2.24) is 5.32 Å². The van der Waals surface area contributed by atoms with Crippen molar-refractivity contribution in [3.05, 3.63) is 34.9 Å². The Balaban J connectivity index is 4.67. The lowest BCUT2D eigenvalue weighted by atomic mass is 10.1. The van der Waals surface area contributed by atoms with Gasteiger partial charge in [-0.1, -0.05) is 29.8 Å². The molecule has 0 spiro atoms. The van der Waals surface area contributed by atoms with Crippen molar-refractivity contribution < 1.29 is 0 Å². The van der Waals surface area contributed by atoms with E-state index in [2.05, 4.69) is 11.9 Å². The molecule has 0 fully saturated rings. The highest BCUT2D eigenvalue weighted by Crippen LogP contribution is 2.16. The first kappa shape index (κ1) is 11.5.